The number of hydrogen-bond donors (Lipinski definition) is 2. The van der Waals surface area contributed by atoms with Gasteiger partial charge in [0.1, 0.15) is 0 Å². The van der Waals surface area contributed by atoms with Gasteiger partial charge in [0, 0.05) is 0 Å². The largest absolute Gasteiger partial charge is 0.483 e. The van der Waals surface area contributed by atoms with Crippen molar-refractivity contribution in [1.29, 1.82) is 0 Å². The van der Waals surface area contributed by atoms with Gasteiger partial charge in [-0.05, 0) is 0 Å². The van der Waals surface area contributed by atoms with E-state index in [0.29, 0.717) is 0 Å². The third-order valence-corrected chi connectivity index (χ3v) is 0. The van der Waals surface area contributed by atoms with Crippen LogP contribution in [0.3, 0.4) is 0 Å². The van der Waals surface area contributed by atoms with Gasteiger partial charge in [0.05, 0.1) is 11.9 Å². The molecule has 0 fully saturated rings. The molecule has 0 bridgehead atoms. The van der Waals surface area contributed by atoms with E-state index in [1.54, 1.807) is 0 Å². The molecule has 5 heavy (non-hydrogen) atoms. The number of rotatable bonds is 0. The molecule has 0 spiro atoms. The maximum absolute atomic E-state index is 8.36. The molecule has 0 aliphatic carbocycles. The SMILES string of the molecule is O=CO.OCl. The Morgan fingerprint density at radius 1 is 1.60 bits per heavy atom. The Morgan fingerprint density at radius 3 is 1.60 bits per heavy atom. The minimum Gasteiger partial charge on any atom is -0.483 e. The molecule has 0 aromatic rings. The molecule has 2 N–H and O–H groups in total. The molecule has 0 heterocycles. The summed E-state index contributed by atoms with van der Waals surface area (Å²) in [4.78, 5) is 8.36. The van der Waals surface area contributed by atoms with E-state index < -0.39 is 0 Å². The fourth-order valence-corrected chi connectivity index (χ4v) is 0. The predicted octanol–water partition coefficient (Wildman–Crippen LogP) is -0.167. The highest BCUT2D eigenvalue weighted by atomic mass is 35.5. The lowest BCUT2D eigenvalue weighted by molar-refractivity contribution is -0.122. The molecule has 0 rings (SSSR count). The Kier molecular flexibility index (Phi) is 93.7. The summed E-state index contributed by atoms with van der Waals surface area (Å²) in [7, 11) is 0. The molecule has 0 aliphatic heterocycles. The number of carboxylic acid groups (broad SMARTS) is 1. The average molecular weight is 98.5 g/mol. The van der Waals surface area contributed by atoms with Crippen LogP contribution in [-0.4, -0.2) is 16.2 Å². The molecular formula is CH3ClO3. The van der Waals surface area contributed by atoms with Crippen LogP contribution in [-0.2, 0) is 4.79 Å². The Balaban J connectivity index is 0. The minimum absolute atomic E-state index is 0.250. The summed E-state index contributed by atoms with van der Waals surface area (Å²) in [6.45, 7) is -0.250. The maximum Gasteiger partial charge on any atom is 0.290 e. The van der Waals surface area contributed by atoms with Crippen LogP contribution >= 0.6 is 11.9 Å². The molecule has 32 valence electrons. The van der Waals surface area contributed by atoms with Crippen molar-refractivity contribution in [1.82, 2.24) is 0 Å². The first-order valence-electron chi connectivity index (χ1n) is 0.663. The molecule has 0 radical (unpaired) electrons. The van der Waals surface area contributed by atoms with E-state index in [9.17, 15) is 0 Å². The van der Waals surface area contributed by atoms with Crippen molar-refractivity contribution in [3.8, 4) is 0 Å². The summed E-state index contributed by atoms with van der Waals surface area (Å²) in [6.07, 6.45) is 0. The van der Waals surface area contributed by atoms with Gasteiger partial charge in [0.2, 0.25) is 0 Å². The summed E-state index contributed by atoms with van der Waals surface area (Å²) >= 11 is 3.64. The Morgan fingerprint density at radius 2 is 1.60 bits per heavy atom. The summed E-state index contributed by atoms with van der Waals surface area (Å²) in [5.74, 6) is 0. The predicted molar refractivity (Wildman–Crippen MR) is 16.8 cm³/mol. The van der Waals surface area contributed by atoms with E-state index in [-0.39, 0.29) is 6.47 Å². The maximum atomic E-state index is 8.36. The normalized spacial score (nSPS) is 3.60. The van der Waals surface area contributed by atoms with Crippen LogP contribution in [0.25, 0.3) is 0 Å². The molecule has 4 heteroatoms. The van der Waals surface area contributed by atoms with Gasteiger partial charge in [0.15, 0.2) is 0 Å². The molecule has 0 aromatic carbocycles. The van der Waals surface area contributed by atoms with Crippen LogP contribution in [0.1, 0.15) is 0 Å². The second-order valence-corrected chi connectivity index (χ2v) is 0.105. The van der Waals surface area contributed by atoms with Gasteiger partial charge in [-0.2, -0.15) is 0 Å². The lowest BCUT2D eigenvalue weighted by atomic mass is 11.7. The molecule has 3 nitrogen and oxygen atoms in total. The fraction of sp³-hybridized carbons (Fsp3) is 0. The Bertz CT molecular complexity index is 14.4. The third kappa shape index (κ3) is 140. The monoisotopic (exact) mass is 98.0 g/mol. The van der Waals surface area contributed by atoms with Gasteiger partial charge >= 0.3 is 0 Å². The highest BCUT2D eigenvalue weighted by Crippen LogP contribution is 1.31. The average Bonchev–Trinajstić information content (AvgIpc) is 1.46. The smallest absolute Gasteiger partial charge is 0.290 e. The fourth-order valence-electron chi connectivity index (χ4n) is 0. The number of halogens is 1. The molecule has 0 aliphatic rings. The summed E-state index contributed by atoms with van der Waals surface area (Å²) in [5.41, 5.74) is 0. The highest BCUT2D eigenvalue weighted by Gasteiger charge is 1.22. The second-order valence-electron chi connectivity index (χ2n) is 0.105. The van der Waals surface area contributed by atoms with Crippen LogP contribution in [0.4, 0.5) is 0 Å². The van der Waals surface area contributed by atoms with E-state index >= 15 is 0 Å². The number of carbonyl (C=O) groups is 1. The summed E-state index contributed by atoms with van der Waals surface area (Å²) in [6, 6.07) is 0. The zero-order valence-corrected chi connectivity index (χ0v) is 3.01. The van der Waals surface area contributed by atoms with Crippen molar-refractivity contribution in [3.63, 3.8) is 0 Å². The molecule has 0 amide bonds. The quantitative estimate of drug-likeness (QED) is 0.414. The van der Waals surface area contributed by atoms with Crippen molar-refractivity contribution in [2.75, 3.05) is 0 Å². The topological polar surface area (TPSA) is 57.5 Å². The van der Waals surface area contributed by atoms with Crippen LogP contribution in [0, 0.1) is 0 Å². The van der Waals surface area contributed by atoms with Crippen molar-refractivity contribution >= 4 is 18.3 Å². The standard InChI is InChI=1S/CH2O2.ClHO/c2-1-3;1-2/h1H,(H,2,3);2H. The van der Waals surface area contributed by atoms with Crippen molar-refractivity contribution < 1.29 is 14.6 Å². The number of hydrogen-bond acceptors (Lipinski definition) is 2. The van der Waals surface area contributed by atoms with Crippen LogP contribution in [0.2, 0.25) is 0 Å². The van der Waals surface area contributed by atoms with Gasteiger partial charge in [0.25, 0.3) is 6.47 Å². The van der Waals surface area contributed by atoms with Gasteiger partial charge in [-0.1, -0.05) is 0 Å². The lowest BCUT2D eigenvalue weighted by Gasteiger charge is -1.34. The van der Waals surface area contributed by atoms with E-state index in [1.165, 1.54) is 0 Å². The molecule has 0 aromatic heterocycles. The summed E-state index contributed by atoms with van der Waals surface area (Å²) in [5, 5.41) is 6.89. The van der Waals surface area contributed by atoms with E-state index in [0.717, 1.165) is 0 Å². The third-order valence-electron chi connectivity index (χ3n) is 0. The van der Waals surface area contributed by atoms with Crippen molar-refractivity contribution in [2.24, 2.45) is 0 Å². The van der Waals surface area contributed by atoms with E-state index in [4.69, 9.17) is 14.6 Å². The Hall–Kier alpha value is -0.280. The van der Waals surface area contributed by atoms with Crippen LogP contribution < -0.4 is 0 Å². The zero-order valence-electron chi connectivity index (χ0n) is 2.26. The first kappa shape index (κ1) is 8.83. The van der Waals surface area contributed by atoms with Gasteiger partial charge in [-0.15, -0.1) is 0 Å². The Labute approximate surface area is 34.0 Å². The van der Waals surface area contributed by atoms with Crippen LogP contribution in [0.15, 0.2) is 0 Å². The molecule has 0 unspecified atom stereocenters. The summed E-state index contributed by atoms with van der Waals surface area (Å²) < 4.78 is 6.47. The molecule has 0 saturated carbocycles. The highest BCUT2D eigenvalue weighted by molar-refractivity contribution is 6.04. The minimum atomic E-state index is -0.250. The van der Waals surface area contributed by atoms with Crippen molar-refractivity contribution in [3.05, 3.63) is 0 Å². The van der Waals surface area contributed by atoms with Gasteiger partial charge < -0.3 is 5.11 Å². The van der Waals surface area contributed by atoms with E-state index in [2.05, 4.69) is 11.9 Å². The first-order valence-corrected chi connectivity index (χ1v) is 1.00. The van der Waals surface area contributed by atoms with Crippen molar-refractivity contribution in [2.45, 2.75) is 0 Å². The van der Waals surface area contributed by atoms with Gasteiger partial charge in [-0.25, -0.2) is 0 Å². The zero-order chi connectivity index (χ0) is 4.71. The first-order chi connectivity index (χ1) is 2.41. The lowest BCUT2D eigenvalue weighted by Crippen LogP contribution is -1.49. The molecule has 0 atom stereocenters. The molecule has 0 saturated heterocycles. The molecular weight excluding hydrogens is 95.5 g/mol. The second kappa shape index (κ2) is 53.1. The van der Waals surface area contributed by atoms with E-state index in [1.807, 2.05) is 0 Å². The van der Waals surface area contributed by atoms with Crippen LogP contribution in [0.5, 0.6) is 0 Å². The van der Waals surface area contributed by atoms with Gasteiger partial charge in [-0.3, -0.25) is 9.45 Å².